The van der Waals surface area contributed by atoms with Crippen molar-refractivity contribution in [2.75, 3.05) is 18.4 Å². The largest absolute Gasteiger partial charge is 0.368 e. The van der Waals surface area contributed by atoms with Gasteiger partial charge in [0.15, 0.2) is 0 Å². The number of fused-ring (bicyclic) bond motifs is 1. The number of benzene rings is 1. The van der Waals surface area contributed by atoms with Crippen LogP contribution in [-0.4, -0.2) is 24.0 Å². The maximum atomic E-state index is 11.5. The minimum atomic E-state index is 0.00338. The number of aromatic nitrogens is 1. The van der Waals surface area contributed by atoms with Crippen molar-refractivity contribution in [1.82, 2.24) is 10.3 Å². The molecule has 108 valence electrons. The predicted molar refractivity (Wildman–Crippen MR) is 82.9 cm³/mol. The van der Waals surface area contributed by atoms with Crippen LogP contribution in [0.15, 0.2) is 30.3 Å². The van der Waals surface area contributed by atoms with Crippen molar-refractivity contribution in [3.05, 3.63) is 35.9 Å². The molecule has 0 aliphatic rings. The second-order valence-corrected chi connectivity index (χ2v) is 4.72. The van der Waals surface area contributed by atoms with Crippen LogP contribution in [0.25, 0.3) is 10.9 Å². The van der Waals surface area contributed by atoms with E-state index in [1.807, 2.05) is 37.3 Å². The Bertz CT molecular complexity index is 676. The number of carbonyl (C=O) groups excluding carboxylic acids is 1. The molecule has 0 unspecified atom stereocenters. The highest BCUT2D eigenvalue weighted by molar-refractivity contribution is 5.83. The van der Waals surface area contributed by atoms with Gasteiger partial charge in [-0.1, -0.05) is 25.1 Å². The molecular weight excluding hydrogens is 264 g/mol. The van der Waals surface area contributed by atoms with E-state index in [-0.39, 0.29) is 5.91 Å². The quantitative estimate of drug-likeness (QED) is 0.853. The number of nitriles is 1. The predicted octanol–water partition coefficient (Wildman–Crippen LogP) is 2.43. The maximum absolute atomic E-state index is 11.5. The molecule has 0 saturated carbocycles. The fraction of sp³-hybridized carbons (Fsp3) is 0.312. The topological polar surface area (TPSA) is 77.8 Å². The van der Waals surface area contributed by atoms with Gasteiger partial charge in [-0.2, -0.15) is 5.26 Å². The molecule has 1 aromatic carbocycles. The highest BCUT2D eigenvalue weighted by Crippen LogP contribution is 2.19. The van der Waals surface area contributed by atoms with Crippen LogP contribution >= 0.6 is 0 Å². The van der Waals surface area contributed by atoms with Crippen LogP contribution in [0.5, 0.6) is 0 Å². The van der Waals surface area contributed by atoms with Gasteiger partial charge in [0.2, 0.25) is 5.91 Å². The van der Waals surface area contributed by atoms with E-state index >= 15 is 0 Å². The van der Waals surface area contributed by atoms with Crippen LogP contribution in [0.3, 0.4) is 0 Å². The molecule has 5 heteroatoms. The second-order valence-electron chi connectivity index (χ2n) is 4.72. The van der Waals surface area contributed by atoms with Crippen LogP contribution in [0.2, 0.25) is 0 Å². The summed E-state index contributed by atoms with van der Waals surface area (Å²) in [6.45, 7) is 3.16. The van der Waals surface area contributed by atoms with Crippen LogP contribution in [0.4, 0.5) is 5.82 Å². The average molecular weight is 282 g/mol. The molecule has 5 nitrogen and oxygen atoms in total. The molecule has 0 atom stereocenters. The van der Waals surface area contributed by atoms with E-state index in [0.29, 0.717) is 30.9 Å². The molecular formula is C16H18N4O. The van der Waals surface area contributed by atoms with E-state index in [1.54, 1.807) is 0 Å². The monoisotopic (exact) mass is 282 g/mol. The van der Waals surface area contributed by atoms with Gasteiger partial charge in [-0.25, -0.2) is 4.98 Å². The zero-order valence-electron chi connectivity index (χ0n) is 12.0. The van der Waals surface area contributed by atoms with Crippen LogP contribution in [0, 0.1) is 11.3 Å². The number of anilines is 1. The standard InChI is InChI=1S/C16H18N4O/c1-2-8-18-15(21)7-9-19-16-13(11-17)10-12-5-3-4-6-14(12)20-16/h3-6,10H,2,7-9H2,1H3,(H,18,21)(H,19,20). The van der Waals surface area contributed by atoms with Gasteiger partial charge in [-0.15, -0.1) is 0 Å². The third-order valence-corrected chi connectivity index (χ3v) is 3.06. The summed E-state index contributed by atoms with van der Waals surface area (Å²) in [4.78, 5) is 16.0. The van der Waals surface area contributed by atoms with Gasteiger partial charge in [0.1, 0.15) is 11.9 Å². The Morgan fingerprint density at radius 2 is 2.14 bits per heavy atom. The van der Waals surface area contributed by atoms with Gasteiger partial charge in [0, 0.05) is 24.9 Å². The second kappa shape index (κ2) is 7.25. The number of pyridine rings is 1. The first-order valence-corrected chi connectivity index (χ1v) is 7.05. The van der Waals surface area contributed by atoms with E-state index in [9.17, 15) is 10.1 Å². The molecule has 0 saturated heterocycles. The number of hydrogen-bond acceptors (Lipinski definition) is 4. The van der Waals surface area contributed by atoms with Gasteiger partial charge in [-0.05, 0) is 18.6 Å². The number of nitrogens with one attached hydrogen (secondary N) is 2. The molecule has 21 heavy (non-hydrogen) atoms. The van der Waals surface area contributed by atoms with Gasteiger partial charge in [0.05, 0.1) is 11.1 Å². The number of hydrogen-bond donors (Lipinski definition) is 2. The molecule has 0 fully saturated rings. The summed E-state index contributed by atoms with van der Waals surface area (Å²) in [7, 11) is 0. The molecule has 1 aromatic heterocycles. The normalized spacial score (nSPS) is 10.1. The Balaban J connectivity index is 2.04. The molecule has 1 heterocycles. The first kappa shape index (κ1) is 14.8. The molecule has 0 aliphatic carbocycles. The molecule has 0 bridgehead atoms. The van der Waals surface area contributed by atoms with E-state index in [1.165, 1.54) is 0 Å². The molecule has 2 aromatic rings. The number of para-hydroxylation sites is 1. The lowest BCUT2D eigenvalue weighted by Crippen LogP contribution is -2.26. The first-order valence-electron chi connectivity index (χ1n) is 7.05. The summed E-state index contributed by atoms with van der Waals surface area (Å²) in [5.74, 6) is 0.531. The average Bonchev–Trinajstić information content (AvgIpc) is 2.52. The Labute approximate surface area is 124 Å². The lowest BCUT2D eigenvalue weighted by Gasteiger charge is -2.09. The Hall–Kier alpha value is -2.61. The van der Waals surface area contributed by atoms with Crippen molar-refractivity contribution >= 4 is 22.6 Å². The highest BCUT2D eigenvalue weighted by Gasteiger charge is 2.07. The van der Waals surface area contributed by atoms with Crippen LogP contribution in [-0.2, 0) is 4.79 Å². The SMILES string of the molecule is CCCNC(=O)CCNc1nc2ccccc2cc1C#N. The molecule has 0 radical (unpaired) electrons. The fourth-order valence-electron chi connectivity index (χ4n) is 1.98. The van der Waals surface area contributed by atoms with Crippen molar-refractivity contribution in [2.45, 2.75) is 19.8 Å². The smallest absolute Gasteiger partial charge is 0.221 e. The van der Waals surface area contributed by atoms with Crippen molar-refractivity contribution in [1.29, 1.82) is 5.26 Å². The van der Waals surface area contributed by atoms with Gasteiger partial charge in [0.25, 0.3) is 0 Å². The summed E-state index contributed by atoms with van der Waals surface area (Å²) in [5, 5.41) is 16.0. The summed E-state index contributed by atoms with van der Waals surface area (Å²) in [6, 6.07) is 11.6. The summed E-state index contributed by atoms with van der Waals surface area (Å²) in [6.07, 6.45) is 1.28. The van der Waals surface area contributed by atoms with Gasteiger partial charge in [-0.3, -0.25) is 4.79 Å². The Morgan fingerprint density at radius 1 is 1.33 bits per heavy atom. The molecule has 2 N–H and O–H groups in total. The van der Waals surface area contributed by atoms with Crippen molar-refractivity contribution < 1.29 is 4.79 Å². The summed E-state index contributed by atoms with van der Waals surface area (Å²) in [5.41, 5.74) is 1.32. The number of carbonyl (C=O) groups is 1. The van der Waals surface area contributed by atoms with E-state index in [4.69, 9.17) is 0 Å². The minimum absolute atomic E-state index is 0.00338. The number of nitrogens with zero attached hydrogens (tertiary/aromatic N) is 2. The van der Waals surface area contributed by atoms with Gasteiger partial charge < -0.3 is 10.6 Å². The molecule has 1 amide bonds. The van der Waals surface area contributed by atoms with Crippen LogP contribution in [0.1, 0.15) is 25.3 Å². The Kier molecular flexibility index (Phi) is 5.10. The van der Waals surface area contributed by atoms with Crippen LogP contribution < -0.4 is 10.6 Å². The van der Waals surface area contributed by atoms with Gasteiger partial charge >= 0.3 is 0 Å². The summed E-state index contributed by atoms with van der Waals surface area (Å²) >= 11 is 0. The Morgan fingerprint density at radius 3 is 2.90 bits per heavy atom. The summed E-state index contributed by atoms with van der Waals surface area (Å²) < 4.78 is 0. The number of amides is 1. The minimum Gasteiger partial charge on any atom is -0.368 e. The number of rotatable bonds is 6. The van der Waals surface area contributed by atoms with E-state index < -0.39 is 0 Å². The van der Waals surface area contributed by atoms with E-state index in [0.717, 1.165) is 17.3 Å². The van der Waals surface area contributed by atoms with E-state index in [2.05, 4.69) is 21.7 Å². The third kappa shape index (κ3) is 3.93. The molecule has 0 aliphatic heterocycles. The van der Waals surface area contributed by atoms with Crippen molar-refractivity contribution in [2.24, 2.45) is 0 Å². The molecule has 2 rings (SSSR count). The fourth-order valence-corrected chi connectivity index (χ4v) is 1.98. The maximum Gasteiger partial charge on any atom is 0.221 e. The first-order chi connectivity index (χ1) is 10.2. The van der Waals surface area contributed by atoms with Crippen molar-refractivity contribution in [3.8, 4) is 6.07 Å². The zero-order valence-corrected chi connectivity index (χ0v) is 12.0. The lowest BCUT2D eigenvalue weighted by atomic mass is 10.1. The van der Waals surface area contributed by atoms with Crippen molar-refractivity contribution in [3.63, 3.8) is 0 Å². The molecule has 0 spiro atoms. The zero-order chi connectivity index (χ0) is 15.1. The highest BCUT2D eigenvalue weighted by atomic mass is 16.1. The lowest BCUT2D eigenvalue weighted by molar-refractivity contribution is -0.120. The third-order valence-electron chi connectivity index (χ3n) is 3.06.